The summed E-state index contributed by atoms with van der Waals surface area (Å²) in [5.41, 5.74) is 1.78. The summed E-state index contributed by atoms with van der Waals surface area (Å²) >= 11 is 0. The molecule has 1 N–H and O–H groups in total. The van der Waals surface area contributed by atoms with E-state index in [-0.39, 0.29) is 18.0 Å². The molecule has 8 heteroatoms. The van der Waals surface area contributed by atoms with Gasteiger partial charge in [-0.3, -0.25) is 13.8 Å². The van der Waals surface area contributed by atoms with E-state index in [1.165, 1.54) is 11.0 Å². The zero-order chi connectivity index (χ0) is 22.8. The molecule has 0 saturated heterocycles. The van der Waals surface area contributed by atoms with E-state index >= 15 is 0 Å². The van der Waals surface area contributed by atoms with E-state index < -0.39 is 29.3 Å². The highest BCUT2D eigenvalue weighted by molar-refractivity contribution is 7.85. The van der Waals surface area contributed by atoms with Crippen molar-refractivity contribution in [1.82, 2.24) is 4.90 Å². The third kappa shape index (κ3) is 7.03. The van der Waals surface area contributed by atoms with Crippen molar-refractivity contribution >= 4 is 34.3 Å². The Balaban J connectivity index is 1.99. The third-order valence-corrected chi connectivity index (χ3v) is 5.91. The summed E-state index contributed by atoms with van der Waals surface area (Å²) in [5.74, 6) is -1.15. The van der Waals surface area contributed by atoms with Crippen molar-refractivity contribution in [2.45, 2.75) is 32.1 Å². The number of anilines is 1. The van der Waals surface area contributed by atoms with Crippen LogP contribution in [-0.2, 0) is 25.1 Å². The smallest absolute Gasteiger partial charge is 0.339 e. The molecule has 0 fully saturated rings. The predicted octanol–water partition coefficient (Wildman–Crippen LogP) is 3.16. The van der Waals surface area contributed by atoms with Crippen molar-refractivity contribution in [3.05, 3.63) is 59.7 Å². The molecule has 2 aromatic carbocycles. The second kappa shape index (κ2) is 12.0. The Morgan fingerprint density at radius 3 is 2.39 bits per heavy atom. The number of benzene rings is 2. The van der Waals surface area contributed by atoms with Gasteiger partial charge in [0.2, 0.25) is 5.91 Å². The van der Waals surface area contributed by atoms with E-state index in [0.29, 0.717) is 29.3 Å². The summed E-state index contributed by atoms with van der Waals surface area (Å²) < 4.78 is 17.3. The van der Waals surface area contributed by atoms with Gasteiger partial charge < -0.3 is 15.0 Å². The fraction of sp³-hybridized carbons (Fsp3) is 0.348. The van der Waals surface area contributed by atoms with Gasteiger partial charge in [-0.1, -0.05) is 44.2 Å². The first-order chi connectivity index (χ1) is 14.9. The molecule has 2 rings (SSSR count). The van der Waals surface area contributed by atoms with Crippen LogP contribution in [0, 0.1) is 6.92 Å². The molecule has 0 bridgehead atoms. The molecule has 0 aromatic heterocycles. The molecule has 0 aliphatic carbocycles. The molecule has 0 radical (unpaired) electrons. The minimum Gasteiger partial charge on any atom is -0.452 e. The van der Waals surface area contributed by atoms with Crippen LogP contribution in [0.3, 0.4) is 0 Å². The van der Waals surface area contributed by atoms with Crippen LogP contribution < -0.4 is 5.32 Å². The first-order valence-corrected chi connectivity index (χ1v) is 11.5. The Morgan fingerprint density at radius 2 is 1.71 bits per heavy atom. The first-order valence-electron chi connectivity index (χ1n) is 10.1. The van der Waals surface area contributed by atoms with Gasteiger partial charge in [-0.15, -0.1) is 0 Å². The molecule has 0 heterocycles. The quantitative estimate of drug-likeness (QED) is 0.568. The van der Waals surface area contributed by atoms with Gasteiger partial charge in [0.05, 0.1) is 27.8 Å². The molecule has 7 nitrogen and oxygen atoms in total. The molecule has 1 atom stereocenters. The van der Waals surface area contributed by atoms with Gasteiger partial charge in [0, 0.05) is 18.0 Å². The van der Waals surface area contributed by atoms with Gasteiger partial charge >= 0.3 is 5.97 Å². The topological polar surface area (TPSA) is 92.8 Å². The summed E-state index contributed by atoms with van der Waals surface area (Å²) in [6.07, 6.45) is 0.648. The number of carbonyl (C=O) groups is 3. The zero-order valence-electron chi connectivity index (χ0n) is 18.1. The molecular weight excluding hydrogens is 416 g/mol. The Morgan fingerprint density at radius 1 is 1.03 bits per heavy atom. The SMILES string of the molecule is CCCN(CC(=O)Nc1ccccc1C)C(=O)COC(=O)c1ccccc1S(=O)CC. The second-order valence-corrected chi connectivity index (χ2v) is 8.59. The number of esters is 1. The highest BCUT2D eigenvalue weighted by atomic mass is 32.2. The van der Waals surface area contributed by atoms with Crippen LogP contribution in [0.15, 0.2) is 53.4 Å². The number of amides is 2. The van der Waals surface area contributed by atoms with Crippen LogP contribution in [0.1, 0.15) is 36.2 Å². The van der Waals surface area contributed by atoms with Crippen molar-refractivity contribution in [2.24, 2.45) is 0 Å². The lowest BCUT2D eigenvalue weighted by atomic mass is 10.2. The maximum atomic E-state index is 12.6. The van der Waals surface area contributed by atoms with Gasteiger partial charge in [-0.25, -0.2) is 4.79 Å². The molecular formula is C23H28N2O5S. The number of para-hydroxylation sites is 1. The minimum absolute atomic E-state index is 0.144. The monoisotopic (exact) mass is 444 g/mol. The first kappa shape index (κ1) is 24.3. The van der Waals surface area contributed by atoms with Gasteiger partial charge in [-0.2, -0.15) is 0 Å². The van der Waals surface area contributed by atoms with E-state index in [1.54, 1.807) is 31.2 Å². The normalized spacial score (nSPS) is 11.5. The number of hydrogen-bond donors (Lipinski definition) is 1. The van der Waals surface area contributed by atoms with Crippen molar-refractivity contribution < 1.29 is 23.3 Å². The van der Waals surface area contributed by atoms with Crippen molar-refractivity contribution in [2.75, 3.05) is 30.8 Å². The summed E-state index contributed by atoms with van der Waals surface area (Å²) in [7, 11) is -1.33. The molecule has 166 valence electrons. The van der Waals surface area contributed by atoms with Crippen LogP contribution in [0.25, 0.3) is 0 Å². The summed E-state index contributed by atoms with van der Waals surface area (Å²) in [5, 5.41) is 2.80. The number of hydrogen-bond acceptors (Lipinski definition) is 5. The third-order valence-electron chi connectivity index (χ3n) is 4.54. The number of carbonyl (C=O) groups excluding carboxylic acids is 3. The van der Waals surface area contributed by atoms with Gasteiger partial charge in [-0.05, 0) is 37.1 Å². The van der Waals surface area contributed by atoms with Crippen LogP contribution in [0.2, 0.25) is 0 Å². The van der Waals surface area contributed by atoms with Crippen LogP contribution >= 0.6 is 0 Å². The Kier molecular flexibility index (Phi) is 9.40. The molecule has 0 saturated carbocycles. The summed E-state index contributed by atoms with van der Waals surface area (Å²) in [6, 6.07) is 13.8. The van der Waals surface area contributed by atoms with Crippen molar-refractivity contribution in [1.29, 1.82) is 0 Å². The lowest BCUT2D eigenvalue weighted by molar-refractivity contribution is -0.137. The van der Waals surface area contributed by atoms with Crippen LogP contribution in [0.5, 0.6) is 0 Å². The number of nitrogens with zero attached hydrogens (tertiary/aromatic N) is 1. The molecule has 2 amide bonds. The highest BCUT2D eigenvalue weighted by Crippen LogP contribution is 2.16. The lowest BCUT2D eigenvalue weighted by Crippen LogP contribution is -2.40. The Bertz CT molecular complexity index is 960. The van der Waals surface area contributed by atoms with E-state index in [2.05, 4.69) is 5.32 Å². The molecule has 0 aliphatic rings. The van der Waals surface area contributed by atoms with Gasteiger partial charge in [0.1, 0.15) is 0 Å². The van der Waals surface area contributed by atoms with E-state index in [4.69, 9.17) is 4.74 Å². The Hall–Kier alpha value is -3.00. The number of ether oxygens (including phenoxy) is 1. The maximum absolute atomic E-state index is 12.6. The van der Waals surface area contributed by atoms with Crippen LogP contribution in [0.4, 0.5) is 5.69 Å². The largest absolute Gasteiger partial charge is 0.452 e. The maximum Gasteiger partial charge on any atom is 0.339 e. The molecule has 31 heavy (non-hydrogen) atoms. The Labute approximate surface area is 185 Å². The van der Waals surface area contributed by atoms with Crippen LogP contribution in [-0.4, -0.2) is 52.3 Å². The zero-order valence-corrected chi connectivity index (χ0v) is 18.9. The predicted molar refractivity (Wildman–Crippen MR) is 120 cm³/mol. The van der Waals surface area contributed by atoms with Gasteiger partial charge in [0.15, 0.2) is 6.61 Å². The molecule has 0 aliphatic heterocycles. The minimum atomic E-state index is -1.33. The average molecular weight is 445 g/mol. The lowest BCUT2D eigenvalue weighted by Gasteiger charge is -2.22. The summed E-state index contributed by atoms with van der Waals surface area (Å²) in [6.45, 7) is 5.24. The number of rotatable bonds is 10. The van der Waals surface area contributed by atoms with Crippen molar-refractivity contribution in [3.8, 4) is 0 Å². The van der Waals surface area contributed by atoms with Crippen molar-refractivity contribution in [3.63, 3.8) is 0 Å². The van der Waals surface area contributed by atoms with E-state index in [9.17, 15) is 18.6 Å². The fourth-order valence-electron chi connectivity index (χ4n) is 2.92. The molecule has 2 aromatic rings. The van der Waals surface area contributed by atoms with E-state index in [1.807, 2.05) is 32.0 Å². The number of aryl methyl sites for hydroxylation is 1. The summed E-state index contributed by atoms with van der Waals surface area (Å²) in [4.78, 5) is 39.2. The average Bonchev–Trinajstić information content (AvgIpc) is 2.78. The van der Waals surface area contributed by atoms with E-state index in [0.717, 1.165) is 5.56 Å². The second-order valence-electron chi connectivity index (χ2n) is 6.88. The molecule has 0 spiro atoms. The standard InChI is InChI=1S/C23H28N2O5S/c1-4-14-25(15-21(26)24-19-12-8-6-10-17(19)3)22(27)16-30-23(28)18-11-7-9-13-20(18)31(29)5-2/h6-13H,4-5,14-16H2,1-3H3,(H,24,26). The highest BCUT2D eigenvalue weighted by Gasteiger charge is 2.21. The van der Waals surface area contributed by atoms with Gasteiger partial charge in [0.25, 0.3) is 5.91 Å². The number of nitrogens with one attached hydrogen (secondary N) is 1. The fourth-order valence-corrected chi connectivity index (χ4v) is 3.86. The molecule has 1 unspecified atom stereocenters.